The molecule has 1 aliphatic carbocycles. The number of nitrogens with two attached hydrogens (primary N) is 2. The number of aliphatic hydroxyl groups is 1. The number of alkyl halides is 2. The van der Waals surface area contributed by atoms with E-state index in [4.69, 9.17) is 62.6 Å². The second-order valence-electron chi connectivity index (χ2n) is 11.4. The number of halogens is 2. The summed E-state index contributed by atoms with van der Waals surface area (Å²) < 4.78 is 67.5. The van der Waals surface area contributed by atoms with E-state index in [1.807, 2.05) is 0 Å². The Labute approximate surface area is 275 Å². The largest absolute Gasteiger partial charge is 0.386 e. The fourth-order valence-corrected chi connectivity index (χ4v) is 9.15. The zero-order valence-electron chi connectivity index (χ0n) is 23.7. The molecule has 0 amide bonds. The average Bonchev–Trinajstić information content (AvgIpc) is 3.49. The molecule has 8 rings (SSSR count). The second-order valence-corrected chi connectivity index (χ2v) is 16.9. The third kappa shape index (κ3) is 5.00. The van der Waals surface area contributed by atoms with Crippen LogP contribution in [0.15, 0.2) is 17.4 Å². The van der Waals surface area contributed by atoms with Crippen molar-refractivity contribution in [3.8, 4) is 0 Å². The minimum absolute atomic E-state index is 0.00171. The van der Waals surface area contributed by atoms with Crippen molar-refractivity contribution >= 4 is 71.1 Å². The van der Waals surface area contributed by atoms with Gasteiger partial charge in [-0.3, -0.25) is 23.4 Å². The van der Waals surface area contributed by atoms with E-state index in [1.165, 1.54) is 4.57 Å². The van der Waals surface area contributed by atoms with E-state index in [2.05, 4.69) is 35.2 Å². The number of anilines is 2. The lowest BCUT2D eigenvalue weighted by atomic mass is 9.94. The van der Waals surface area contributed by atoms with Gasteiger partial charge in [0.1, 0.15) is 30.7 Å². The maximum Gasteiger partial charge on any atom is 0.325 e. The number of H-pyrrole nitrogens is 1. The number of fused-ring (bicyclic) bond motifs is 3. The number of nitrogens with one attached hydrogen (secondary N) is 1. The minimum atomic E-state index is -4.47. The van der Waals surface area contributed by atoms with E-state index in [0.717, 1.165) is 17.3 Å². The highest BCUT2D eigenvalue weighted by Gasteiger charge is 2.84. The molecule has 10 atom stereocenters. The predicted molar refractivity (Wildman–Crippen MR) is 161 cm³/mol. The van der Waals surface area contributed by atoms with Gasteiger partial charge in [0.25, 0.3) is 11.5 Å². The molecule has 2 unspecified atom stereocenters. The van der Waals surface area contributed by atoms with E-state index in [-0.39, 0.29) is 34.1 Å². The number of ether oxygens (including phenoxy) is 2. The van der Waals surface area contributed by atoms with E-state index < -0.39 is 92.9 Å². The van der Waals surface area contributed by atoms with Crippen LogP contribution >= 0.6 is 13.4 Å². The fraction of sp³-hybridized carbons (Fsp3) is 0.571. The van der Waals surface area contributed by atoms with Gasteiger partial charge in [-0.1, -0.05) is 5.21 Å². The molecule has 1 saturated carbocycles. The van der Waals surface area contributed by atoms with E-state index in [1.54, 1.807) is 0 Å². The molecule has 4 aromatic heterocycles. The number of hydrogen-bond donors (Lipinski definition) is 6. The Balaban J connectivity index is 1.15. The molecule has 27 heteroatoms. The highest BCUT2D eigenvalue weighted by atomic mass is 32.5. The lowest BCUT2D eigenvalue weighted by Crippen LogP contribution is -2.37. The topological polar surface area (TPSA) is 288 Å². The molecule has 0 radical (unpaired) electrons. The molecule has 7 heterocycles. The summed E-state index contributed by atoms with van der Waals surface area (Å²) in [5.41, 5.74) is 8.58. The van der Waals surface area contributed by atoms with Gasteiger partial charge in [0, 0.05) is 6.42 Å². The summed E-state index contributed by atoms with van der Waals surface area (Å²) >= 11 is 10.5. The summed E-state index contributed by atoms with van der Waals surface area (Å²) in [5.74, 6) is -3.73. The van der Waals surface area contributed by atoms with Crippen molar-refractivity contribution in [2.45, 2.75) is 55.3 Å². The highest BCUT2D eigenvalue weighted by Crippen LogP contribution is 2.73. The number of aliphatic hydroxyl groups excluding tert-OH is 1. The van der Waals surface area contributed by atoms with Crippen molar-refractivity contribution in [1.29, 1.82) is 0 Å². The van der Waals surface area contributed by atoms with E-state index in [9.17, 15) is 19.7 Å². The first-order chi connectivity index (χ1) is 22.6. The van der Waals surface area contributed by atoms with Crippen LogP contribution in [0.25, 0.3) is 22.3 Å². The van der Waals surface area contributed by atoms with Gasteiger partial charge >= 0.3 is 13.4 Å². The Morgan fingerprint density at radius 3 is 2.50 bits per heavy atom. The Morgan fingerprint density at radius 1 is 1.02 bits per heavy atom. The number of hydrogen-bond acceptors (Lipinski definition) is 18. The molecule has 4 aliphatic rings. The Kier molecular flexibility index (Phi) is 7.34. The van der Waals surface area contributed by atoms with Crippen LogP contribution in [0, 0.1) is 5.41 Å². The molecular weight excluding hydrogens is 730 g/mol. The minimum Gasteiger partial charge on any atom is -0.386 e. The monoisotopic (exact) mass is 753 g/mol. The molecule has 4 fully saturated rings. The molecule has 3 saturated heterocycles. The SMILES string of the molecule is Nc1nc2c(ncn2[C@@H]2O[C@@H]3COP(O)(=S)O[C@H]4[C@H](n5nnc6c(N)ncnc65)O[C@H](COP(O)(=S)O[C@H]3[C@H]2O)[C@@]42CC2(F)F)c(=O)[nH]1. The van der Waals surface area contributed by atoms with Crippen LogP contribution in [-0.4, -0.2) is 109 Å². The van der Waals surface area contributed by atoms with Gasteiger partial charge in [0.2, 0.25) is 5.95 Å². The summed E-state index contributed by atoms with van der Waals surface area (Å²) in [6, 6.07) is 0. The number of nitrogens with zero attached hydrogens (tertiary/aromatic N) is 8. The maximum absolute atomic E-state index is 15.4. The van der Waals surface area contributed by atoms with Crippen LogP contribution in [0.3, 0.4) is 0 Å². The van der Waals surface area contributed by atoms with E-state index >= 15 is 8.78 Å². The van der Waals surface area contributed by atoms with Crippen molar-refractivity contribution in [2.75, 3.05) is 24.7 Å². The first kappa shape index (κ1) is 32.4. The third-order valence-electron chi connectivity index (χ3n) is 8.57. The van der Waals surface area contributed by atoms with Gasteiger partial charge in [-0.05, 0) is 23.6 Å². The van der Waals surface area contributed by atoms with Gasteiger partial charge in [-0.15, -0.1) is 5.10 Å². The second kappa shape index (κ2) is 10.9. The Bertz CT molecular complexity index is 2120. The first-order valence-electron chi connectivity index (χ1n) is 13.8. The zero-order valence-corrected chi connectivity index (χ0v) is 27.1. The van der Waals surface area contributed by atoms with Crippen molar-refractivity contribution in [1.82, 2.24) is 44.5 Å². The zero-order chi connectivity index (χ0) is 34.0. The summed E-state index contributed by atoms with van der Waals surface area (Å²) in [5, 5.41) is 19.2. The highest BCUT2D eigenvalue weighted by molar-refractivity contribution is 8.07. The molecule has 3 aliphatic heterocycles. The molecule has 21 nitrogen and oxygen atoms in total. The Hall–Kier alpha value is -2.77. The van der Waals surface area contributed by atoms with Gasteiger partial charge in [-0.2, -0.15) is 9.67 Å². The lowest BCUT2D eigenvalue weighted by molar-refractivity contribution is -0.0647. The molecule has 48 heavy (non-hydrogen) atoms. The maximum atomic E-state index is 15.4. The number of nitrogen functional groups attached to an aromatic ring is 2. The van der Waals surface area contributed by atoms with Gasteiger partial charge in [0.05, 0.1) is 31.1 Å². The summed E-state index contributed by atoms with van der Waals surface area (Å²) in [6.45, 7) is -10.3. The summed E-state index contributed by atoms with van der Waals surface area (Å²) in [6.07, 6.45) is -9.27. The first-order valence-corrected chi connectivity index (χ1v) is 19.0. The molecular formula is C21H23F2N11O10P2S2. The quantitative estimate of drug-likeness (QED) is 0.133. The van der Waals surface area contributed by atoms with Gasteiger partial charge in [-0.25, -0.2) is 23.7 Å². The van der Waals surface area contributed by atoms with Gasteiger partial charge < -0.3 is 44.9 Å². The van der Waals surface area contributed by atoms with Crippen LogP contribution in [0.4, 0.5) is 20.5 Å². The van der Waals surface area contributed by atoms with Crippen LogP contribution in [0.5, 0.6) is 0 Å². The molecule has 1 spiro atoms. The number of rotatable bonds is 2. The molecule has 258 valence electrons. The van der Waals surface area contributed by atoms with Crippen molar-refractivity contribution in [2.24, 2.45) is 5.41 Å². The summed E-state index contributed by atoms with van der Waals surface area (Å²) in [4.78, 5) is 52.9. The lowest BCUT2D eigenvalue weighted by Gasteiger charge is -2.28. The number of imidazole rings is 1. The van der Waals surface area contributed by atoms with Crippen molar-refractivity contribution < 1.29 is 51.2 Å². The van der Waals surface area contributed by atoms with Crippen LogP contribution in [-0.2, 0) is 51.2 Å². The predicted octanol–water partition coefficient (Wildman–Crippen LogP) is -1.05. The van der Waals surface area contributed by atoms with Crippen molar-refractivity contribution in [3.63, 3.8) is 0 Å². The van der Waals surface area contributed by atoms with Gasteiger partial charge in [0.15, 0.2) is 40.6 Å². The Morgan fingerprint density at radius 2 is 1.75 bits per heavy atom. The van der Waals surface area contributed by atoms with Crippen LogP contribution in [0.2, 0.25) is 0 Å². The molecule has 0 aromatic carbocycles. The fourth-order valence-electron chi connectivity index (χ4n) is 6.28. The third-order valence-corrected chi connectivity index (χ3v) is 11.7. The smallest absolute Gasteiger partial charge is 0.325 e. The van der Waals surface area contributed by atoms with E-state index in [0.29, 0.717) is 0 Å². The number of aromatic nitrogens is 9. The molecule has 4 aromatic rings. The van der Waals surface area contributed by atoms with Crippen LogP contribution < -0.4 is 17.0 Å². The van der Waals surface area contributed by atoms with Crippen LogP contribution in [0.1, 0.15) is 18.9 Å². The number of aromatic amines is 1. The summed E-state index contributed by atoms with van der Waals surface area (Å²) in [7, 11) is 0. The van der Waals surface area contributed by atoms with Crippen molar-refractivity contribution in [3.05, 3.63) is 23.0 Å². The average molecular weight is 754 g/mol. The molecule has 8 N–H and O–H groups in total. The molecule has 2 bridgehead atoms. The normalized spacial score (nSPS) is 39.6. The standard InChI is InChI=1S/C21H23F2N11O10P2S2/c22-21(23)3-20(21)7-2-40-45(37,47)43-11-6(41-17(10(11)35)33-5-28-9-15(33)29-19(25)30-16(9)36)1-39-46(38,48)44-12(20)18(42-7)34-14-8(31-32-34)13(24)26-4-27-14/h4-7,10-12,17-18,35H,1-3H2,(H,37,47)(H,38,48)(H2,24,26,27)(H3,25,29,30,36)/t6-,7-,10-,11-,12+,17-,18-,20+,45?,46?/m1/s1.